The first kappa shape index (κ1) is 9.87. The molecule has 1 rings (SSSR count). The molecule has 0 aromatic heterocycles. The Balaban J connectivity index is 0.000000640. The van der Waals surface area contributed by atoms with Gasteiger partial charge in [0.15, 0.2) is 6.29 Å². The quantitative estimate of drug-likeness (QED) is 0.287. The van der Waals surface area contributed by atoms with Crippen LogP contribution in [0.2, 0.25) is 0 Å². The fourth-order valence-corrected chi connectivity index (χ4v) is 0.791. The van der Waals surface area contributed by atoms with Crippen molar-refractivity contribution in [1.29, 1.82) is 0 Å². The molecule has 1 fully saturated rings. The molecule has 6 heteroatoms. The zero-order valence-electron chi connectivity index (χ0n) is 4.33. The van der Waals surface area contributed by atoms with Gasteiger partial charge in [-0.1, -0.05) is 0 Å². The fraction of sp³-hybridized carbons (Fsp3) is 1.00. The van der Waals surface area contributed by atoms with E-state index in [1.807, 2.05) is 0 Å². The van der Waals surface area contributed by atoms with Crippen molar-refractivity contribution >= 4 is 39.7 Å². The van der Waals surface area contributed by atoms with Crippen LogP contribution in [0.3, 0.4) is 0 Å². The van der Waals surface area contributed by atoms with Gasteiger partial charge in [-0.25, -0.2) is 4.18 Å². The zero-order chi connectivity index (χ0) is 6.20. The van der Waals surface area contributed by atoms with Gasteiger partial charge < -0.3 is 4.74 Å². The first-order valence-corrected chi connectivity index (χ1v) is 3.89. The molecule has 50 valence electrons. The van der Waals surface area contributed by atoms with Crippen molar-refractivity contribution in [3.8, 4) is 0 Å². The molecule has 0 aromatic rings. The van der Waals surface area contributed by atoms with E-state index in [9.17, 15) is 8.42 Å². The predicted molar refractivity (Wildman–Crippen MR) is 32.8 cm³/mol. The Bertz CT molecular complexity index is 170. The van der Waals surface area contributed by atoms with E-state index in [0.717, 1.165) is 6.26 Å². The molecule has 0 N–H and O–H groups in total. The molecule has 0 amide bonds. The Morgan fingerprint density at radius 2 is 2.11 bits per heavy atom. The second kappa shape index (κ2) is 3.32. The molecule has 0 aromatic carbocycles. The standard InChI is InChI=1S/C3H6O4S.Na.H/c1-8(4,5)7-3-2-6-3;;/h3H,2H2,1H3;;. The summed E-state index contributed by atoms with van der Waals surface area (Å²) in [6.07, 6.45) is 0.499. The molecule has 1 aliphatic rings. The summed E-state index contributed by atoms with van der Waals surface area (Å²) in [5, 5.41) is 0. The van der Waals surface area contributed by atoms with Crippen LogP contribution in [0.4, 0.5) is 0 Å². The summed E-state index contributed by atoms with van der Waals surface area (Å²) >= 11 is 0. The second-order valence-corrected chi connectivity index (χ2v) is 3.16. The Morgan fingerprint density at radius 1 is 1.67 bits per heavy atom. The van der Waals surface area contributed by atoms with Gasteiger partial charge in [0.05, 0.1) is 6.26 Å². The minimum absolute atomic E-state index is 0. The molecule has 0 saturated carbocycles. The van der Waals surface area contributed by atoms with Gasteiger partial charge in [0.2, 0.25) is 0 Å². The van der Waals surface area contributed by atoms with Gasteiger partial charge in [0.25, 0.3) is 10.1 Å². The summed E-state index contributed by atoms with van der Waals surface area (Å²) in [5.74, 6) is 0. The van der Waals surface area contributed by atoms with Crippen molar-refractivity contribution < 1.29 is 17.3 Å². The monoisotopic (exact) mass is 162 g/mol. The average Bonchev–Trinajstić information content (AvgIpc) is 2.12. The Kier molecular flexibility index (Phi) is 3.64. The number of hydrogen-bond acceptors (Lipinski definition) is 4. The van der Waals surface area contributed by atoms with Crippen LogP contribution in [0.15, 0.2) is 0 Å². The minimum atomic E-state index is -3.29. The van der Waals surface area contributed by atoms with Crippen molar-refractivity contribution in [1.82, 2.24) is 0 Å². The summed E-state index contributed by atoms with van der Waals surface area (Å²) in [5.41, 5.74) is 0. The zero-order valence-corrected chi connectivity index (χ0v) is 5.14. The summed E-state index contributed by atoms with van der Waals surface area (Å²) in [4.78, 5) is 0. The van der Waals surface area contributed by atoms with E-state index in [0.29, 0.717) is 6.61 Å². The van der Waals surface area contributed by atoms with E-state index in [1.165, 1.54) is 0 Å². The summed E-state index contributed by atoms with van der Waals surface area (Å²) in [6, 6.07) is 0. The number of hydrogen-bond donors (Lipinski definition) is 0. The van der Waals surface area contributed by atoms with Gasteiger partial charge in [-0.2, -0.15) is 8.42 Å². The molecule has 1 unspecified atom stereocenters. The molecule has 1 aliphatic heterocycles. The van der Waals surface area contributed by atoms with Crippen LogP contribution in [-0.4, -0.2) is 57.1 Å². The normalized spacial score (nSPS) is 24.8. The van der Waals surface area contributed by atoms with Gasteiger partial charge in [-0.05, 0) is 0 Å². The molecule has 0 bridgehead atoms. The third kappa shape index (κ3) is 5.32. The van der Waals surface area contributed by atoms with Crippen LogP contribution in [0.5, 0.6) is 0 Å². The van der Waals surface area contributed by atoms with Crippen molar-refractivity contribution in [3.63, 3.8) is 0 Å². The molecule has 1 heterocycles. The molecular weight excluding hydrogens is 155 g/mol. The SMILES string of the molecule is CS(=O)(=O)OC1CO1.[NaH]. The molecular formula is C3H7NaO4S. The molecule has 1 atom stereocenters. The van der Waals surface area contributed by atoms with Crippen molar-refractivity contribution in [2.75, 3.05) is 12.9 Å². The molecule has 4 nitrogen and oxygen atoms in total. The molecule has 0 radical (unpaired) electrons. The van der Waals surface area contributed by atoms with Crippen LogP contribution < -0.4 is 0 Å². The molecule has 1 saturated heterocycles. The van der Waals surface area contributed by atoms with Crippen LogP contribution in [-0.2, 0) is 19.0 Å². The first-order chi connectivity index (χ1) is 3.58. The van der Waals surface area contributed by atoms with Gasteiger partial charge in [0, 0.05) is 0 Å². The summed E-state index contributed by atoms with van der Waals surface area (Å²) in [6.45, 7) is 0.396. The number of rotatable bonds is 2. The van der Waals surface area contributed by atoms with Gasteiger partial charge in [-0.15, -0.1) is 0 Å². The van der Waals surface area contributed by atoms with Crippen LogP contribution >= 0.6 is 0 Å². The Labute approximate surface area is 75.9 Å². The van der Waals surface area contributed by atoms with E-state index in [1.54, 1.807) is 0 Å². The first-order valence-electron chi connectivity index (χ1n) is 2.08. The Morgan fingerprint density at radius 3 is 2.22 bits per heavy atom. The van der Waals surface area contributed by atoms with E-state index in [4.69, 9.17) is 0 Å². The predicted octanol–water partition coefficient (Wildman–Crippen LogP) is -1.33. The van der Waals surface area contributed by atoms with Crippen molar-refractivity contribution in [2.45, 2.75) is 6.29 Å². The van der Waals surface area contributed by atoms with E-state index >= 15 is 0 Å². The number of epoxide rings is 1. The number of ether oxygens (including phenoxy) is 1. The Hall–Kier alpha value is 0.870. The van der Waals surface area contributed by atoms with Gasteiger partial charge in [0.1, 0.15) is 6.61 Å². The molecule has 0 spiro atoms. The molecule has 9 heavy (non-hydrogen) atoms. The van der Waals surface area contributed by atoms with Crippen molar-refractivity contribution in [3.05, 3.63) is 0 Å². The maximum atomic E-state index is 10.2. The second-order valence-electron chi connectivity index (χ2n) is 1.56. The van der Waals surface area contributed by atoms with Crippen LogP contribution in [0, 0.1) is 0 Å². The molecule has 0 aliphatic carbocycles. The fourth-order valence-electron chi connectivity index (χ4n) is 0.290. The third-order valence-electron chi connectivity index (χ3n) is 0.585. The topological polar surface area (TPSA) is 55.9 Å². The van der Waals surface area contributed by atoms with Gasteiger partial charge >= 0.3 is 29.6 Å². The van der Waals surface area contributed by atoms with E-state index in [-0.39, 0.29) is 29.6 Å². The van der Waals surface area contributed by atoms with E-state index < -0.39 is 16.4 Å². The third-order valence-corrected chi connectivity index (χ3v) is 1.15. The van der Waals surface area contributed by atoms with Crippen molar-refractivity contribution in [2.24, 2.45) is 0 Å². The van der Waals surface area contributed by atoms with Gasteiger partial charge in [-0.3, -0.25) is 0 Å². The van der Waals surface area contributed by atoms with E-state index in [2.05, 4.69) is 8.92 Å². The summed E-state index contributed by atoms with van der Waals surface area (Å²) in [7, 11) is -3.29. The maximum absolute atomic E-state index is 10.2. The summed E-state index contributed by atoms with van der Waals surface area (Å²) < 4.78 is 29.1. The average molecular weight is 162 g/mol. The van der Waals surface area contributed by atoms with Crippen LogP contribution in [0.25, 0.3) is 0 Å². The van der Waals surface area contributed by atoms with Crippen LogP contribution in [0.1, 0.15) is 0 Å².